The second kappa shape index (κ2) is 8.34. The van der Waals surface area contributed by atoms with Gasteiger partial charge in [-0.15, -0.1) is 0 Å². The number of nitrogens with one attached hydrogen (secondary N) is 1. The number of ether oxygens (including phenoxy) is 1. The Kier molecular flexibility index (Phi) is 7.04. The molecule has 1 aliphatic rings. The summed E-state index contributed by atoms with van der Waals surface area (Å²) in [5, 5.41) is 5.76. The third-order valence-corrected chi connectivity index (χ3v) is 3.26. The minimum Gasteiger partial charge on any atom is -0.444 e. The van der Waals surface area contributed by atoms with Gasteiger partial charge in [0.15, 0.2) is 5.82 Å². The number of alkyl halides is 3. The number of alkyl carbamates (subject to hydrolysis) is 1. The van der Waals surface area contributed by atoms with Crippen molar-refractivity contribution in [1.29, 1.82) is 0 Å². The molecule has 1 saturated carbocycles. The Balaban J connectivity index is 0.000000277. The van der Waals surface area contributed by atoms with Gasteiger partial charge in [-0.3, -0.25) is 0 Å². The first-order valence-electron chi connectivity index (χ1n) is 7.84. The molecule has 138 valence electrons. The summed E-state index contributed by atoms with van der Waals surface area (Å²) in [5.74, 6) is -0.983. The molecule has 1 aromatic heterocycles. The highest BCUT2D eigenvalue weighted by molar-refractivity contribution is 5.67. The first kappa shape index (κ1) is 20.2. The second-order valence-electron chi connectivity index (χ2n) is 6.54. The summed E-state index contributed by atoms with van der Waals surface area (Å²) in [5.41, 5.74) is -0.389. The molecule has 0 atom stereocenters. The number of carbonyl (C=O) groups excluding carboxylic acids is 1. The third-order valence-electron chi connectivity index (χ3n) is 3.26. The highest BCUT2D eigenvalue weighted by Gasteiger charge is 2.39. The normalized spacial score (nSPS) is 16.1. The molecule has 0 unspecified atom stereocenters. The van der Waals surface area contributed by atoms with Crippen LogP contribution in [0.25, 0.3) is 0 Å². The maximum absolute atomic E-state index is 12.2. The van der Waals surface area contributed by atoms with Gasteiger partial charge in [-0.1, -0.05) is 24.4 Å². The van der Waals surface area contributed by atoms with Gasteiger partial charge in [-0.25, -0.2) is 4.79 Å². The van der Waals surface area contributed by atoms with Gasteiger partial charge in [0.25, 0.3) is 0 Å². The lowest BCUT2D eigenvalue weighted by Crippen LogP contribution is -2.30. The van der Waals surface area contributed by atoms with Gasteiger partial charge in [0.05, 0.1) is 0 Å². The average molecular weight is 351 g/mol. The molecule has 2 rings (SSSR count). The van der Waals surface area contributed by atoms with Crippen LogP contribution < -0.4 is 5.32 Å². The van der Waals surface area contributed by atoms with Crippen molar-refractivity contribution in [1.82, 2.24) is 15.5 Å². The molecule has 0 aromatic carbocycles. The first-order valence-corrected chi connectivity index (χ1v) is 7.84. The standard InChI is InChI=1S/C9H11F3N2O.C6H13NO2/c10-9(11,12)8-13-7(14-15-8)6-4-2-1-3-5-6;1-6(2,3)9-5(8)7-4/h6H,1-5H2;1-4H3,(H,7,8). The minimum absolute atomic E-state index is 0.0404. The number of aromatic nitrogens is 2. The molecule has 9 heteroatoms. The van der Waals surface area contributed by atoms with E-state index >= 15 is 0 Å². The summed E-state index contributed by atoms with van der Waals surface area (Å²) in [6.07, 6.45) is -0.00247. The van der Waals surface area contributed by atoms with Crippen molar-refractivity contribution in [2.75, 3.05) is 7.05 Å². The van der Waals surface area contributed by atoms with E-state index in [2.05, 4.69) is 20.0 Å². The molecule has 1 heterocycles. The molecule has 0 aliphatic heterocycles. The Hall–Kier alpha value is -1.80. The molecule has 1 aromatic rings. The lowest BCUT2D eigenvalue weighted by Gasteiger charge is -2.18. The fraction of sp³-hybridized carbons (Fsp3) is 0.800. The minimum atomic E-state index is -4.53. The molecule has 1 aliphatic carbocycles. The van der Waals surface area contributed by atoms with Crippen molar-refractivity contribution < 1.29 is 27.2 Å². The quantitative estimate of drug-likeness (QED) is 0.817. The van der Waals surface area contributed by atoms with Gasteiger partial charge in [0.1, 0.15) is 5.60 Å². The van der Waals surface area contributed by atoms with Crippen LogP contribution >= 0.6 is 0 Å². The molecule has 1 amide bonds. The van der Waals surface area contributed by atoms with E-state index in [0.717, 1.165) is 32.1 Å². The Labute approximate surface area is 139 Å². The monoisotopic (exact) mass is 351 g/mol. The van der Waals surface area contributed by atoms with Crippen molar-refractivity contribution in [3.05, 3.63) is 11.7 Å². The van der Waals surface area contributed by atoms with Crippen LogP contribution in [0.4, 0.5) is 18.0 Å². The van der Waals surface area contributed by atoms with Crippen LogP contribution in [0.15, 0.2) is 4.52 Å². The molecule has 0 spiro atoms. The number of hydrogen-bond donors (Lipinski definition) is 1. The van der Waals surface area contributed by atoms with Gasteiger partial charge < -0.3 is 14.6 Å². The van der Waals surface area contributed by atoms with E-state index in [1.54, 1.807) is 0 Å². The number of rotatable bonds is 1. The summed E-state index contributed by atoms with van der Waals surface area (Å²) in [6, 6.07) is 0. The van der Waals surface area contributed by atoms with E-state index in [1.165, 1.54) is 7.05 Å². The van der Waals surface area contributed by atoms with E-state index in [9.17, 15) is 18.0 Å². The zero-order valence-electron chi connectivity index (χ0n) is 14.4. The van der Waals surface area contributed by atoms with Crippen LogP contribution in [0, 0.1) is 0 Å². The number of hydrogen-bond acceptors (Lipinski definition) is 5. The second-order valence-corrected chi connectivity index (χ2v) is 6.54. The zero-order valence-corrected chi connectivity index (χ0v) is 14.4. The lowest BCUT2D eigenvalue weighted by molar-refractivity contribution is -0.159. The van der Waals surface area contributed by atoms with Crippen LogP contribution in [0.1, 0.15) is 70.5 Å². The average Bonchev–Trinajstić information content (AvgIpc) is 2.97. The van der Waals surface area contributed by atoms with E-state index < -0.39 is 12.1 Å². The molecule has 1 fully saturated rings. The summed E-state index contributed by atoms with van der Waals surface area (Å²) >= 11 is 0. The Bertz CT molecular complexity index is 518. The Morgan fingerprint density at radius 2 is 1.79 bits per heavy atom. The number of halogens is 3. The summed E-state index contributed by atoms with van der Waals surface area (Å²) in [4.78, 5) is 13.9. The smallest absolute Gasteiger partial charge is 0.444 e. The summed E-state index contributed by atoms with van der Waals surface area (Å²) in [7, 11) is 1.54. The SMILES string of the molecule is CNC(=O)OC(C)(C)C.FC(F)(F)c1nc(C2CCCCC2)no1. The van der Waals surface area contributed by atoms with Gasteiger partial charge in [0.2, 0.25) is 0 Å². The van der Waals surface area contributed by atoms with Crippen LogP contribution in [-0.2, 0) is 10.9 Å². The van der Waals surface area contributed by atoms with Crippen LogP contribution in [0.5, 0.6) is 0 Å². The molecular weight excluding hydrogens is 327 g/mol. The van der Waals surface area contributed by atoms with E-state index in [-0.39, 0.29) is 23.4 Å². The van der Waals surface area contributed by atoms with Crippen molar-refractivity contribution in [3.63, 3.8) is 0 Å². The van der Waals surface area contributed by atoms with Crippen LogP contribution in [0.3, 0.4) is 0 Å². The highest BCUT2D eigenvalue weighted by atomic mass is 19.4. The van der Waals surface area contributed by atoms with Gasteiger partial charge in [0, 0.05) is 13.0 Å². The van der Waals surface area contributed by atoms with Gasteiger partial charge in [-0.05, 0) is 33.6 Å². The Morgan fingerprint density at radius 3 is 2.17 bits per heavy atom. The van der Waals surface area contributed by atoms with Gasteiger partial charge >= 0.3 is 18.2 Å². The molecule has 24 heavy (non-hydrogen) atoms. The van der Waals surface area contributed by atoms with Crippen molar-refractivity contribution in [3.8, 4) is 0 Å². The Morgan fingerprint density at radius 1 is 1.21 bits per heavy atom. The predicted molar refractivity (Wildman–Crippen MR) is 80.4 cm³/mol. The maximum atomic E-state index is 12.2. The zero-order chi connectivity index (χ0) is 18.4. The molecule has 1 N–H and O–H groups in total. The first-order chi connectivity index (χ1) is 11.0. The van der Waals surface area contributed by atoms with Gasteiger partial charge in [-0.2, -0.15) is 18.2 Å². The lowest BCUT2D eigenvalue weighted by atomic mass is 9.89. The molecule has 6 nitrogen and oxygen atoms in total. The van der Waals surface area contributed by atoms with E-state index in [0.29, 0.717) is 0 Å². The fourth-order valence-corrected chi connectivity index (χ4v) is 2.21. The van der Waals surface area contributed by atoms with Crippen molar-refractivity contribution in [2.24, 2.45) is 0 Å². The van der Waals surface area contributed by atoms with E-state index in [4.69, 9.17) is 4.74 Å². The predicted octanol–water partition coefficient (Wildman–Crippen LogP) is 4.28. The fourth-order valence-electron chi connectivity index (χ4n) is 2.21. The molecule has 0 saturated heterocycles. The molecule has 0 radical (unpaired) electrons. The van der Waals surface area contributed by atoms with Crippen molar-refractivity contribution >= 4 is 6.09 Å². The topological polar surface area (TPSA) is 77.2 Å². The van der Waals surface area contributed by atoms with E-state index in [1.807, 2.05) is 20.8 Å². The van der Waals surface area contributed by atoms with Crippen LogP contribution in [0.2, 0.25) is 0 Å². The number of amides is 1. The number of nitrogens with zero attached hydrogens (tertiary/aromatic N) is 2. The third kappa shape index (κ3) is 7.18. The highest BCUT2D eigenvalue weighted by Crippen LogP contribution is 2.33. The summed E-state index contributed by atoms with van der Waals surface area (Å²) in [6.45, 7) is 5.46. The largest absolute Gasteiger partial charge is 0.471 e. The van der Waals surface area contributed by atoms with Crippen molar-refractivity contribution in [2.45, 2.75) is 70.6 Å². The molecular formula is C15H24F3N3O3. The summed E-state index contributed by atoms with van der Waals surface area (Å²) < 4.78 is 45.5. The maximum Gasteiger partial charge on any atom is 0.471 e. The number of carbonyl (C=O) groups is 1. The van der Waals surface area contributed by atoms with Crippen LogP contribution in [-0.4, -0.2) is 28.9 Å². The molecule has 0 bridgehead atoms.